The summed E-state index contributed by atoms with van der Waals surface area (Å²) < 4.78 is 29.4. The lowest BCUT2D eigenvalue weighted by Crippen LogP contribution is -2.44. The summed E-state index contributed by atoms with van der Waals surface area (Å²) in [6.07, 6.45) is 2.82. The average molecular weight is 386 g/mol. The molecule has 7 heteroatoms. The van der Waals surface area contributed by atoms with Gasteiger partial charge in [0, 0.05) is 30.6 Å². The highest BCUT2D eigenvalue weighted by Crippen LogP contribution is 2.34. The zero-order valence-corrected chi connectivity index (χ0v) is 16.0. The highest BCUT2D eigenvalue weighted by molar-refractivity contribution is 5.26. The standard InChI is InChI=1S/C21H24F2N4O/c1-16(11-26(2)12-17-6-4-3-5-7-17)21(28,13-27-15-24-14-25-27)19-9-8-18(22)10-20(19)23/h3-10,14-16,28H,11-13H2,1-2H3. The molecule has 0 aliphatic heterocycles. The van der Waals surface area contributed by atoms with E-state index in [-0.39, 0.29) is 18.0 Å². The second-order valence-corrected chi connectivity index (χ2v) is 7.22. The van der Waals surface area contributed by atoms with E-state index in [1.54, 1.807) is 0 Å². The van der Waals surface area contributed by atoms with Crippen LogP contribution >= 0.6 is 0 Å². The zero-order valence-electron chi connectivity index (χ0n) is 16.0. The fraction of sp³-hybridized carbons (Fsp3) is 0.333. The third-order valence-electron chi connectivity index (χ3n) is 4.96. The first-order valence-electron chi connectivity index (χ1n) is 9.11. The van der Waals surface area contributed by atoms with Crippen molar-refractivity contribution >= 4 is 0 Å². The Labute approximate surface area is 163 Å². The maximum Gasteiger partial charge on any atom is 0.137 e. The van der Waals surface area contributed by atoms with Crippen LogP contribution < -0.4 is 0 Å². The lowest BCUT2D eigenvalue weighted by atomic mass is 9.81. The van der Waals surface area contributed by atoms with Gasteiger partial charge in [0.05, 0.1) is 6.54 Å². The van der Waals surface area contributed by atoms with E-state index in [1.807, 2.05) is 44.3 Å². The number of aromatic nitrogens is 3. The largest absolute Gasteiger partial charge is 0.383 e. The molecule has 0 radical (unpaired) electrons. The molecule has 0 saturated carbocycles. The third-order valence-corrected chi connectivity index (χ3v) is 4.96. The molecule has 0 saturated heterocycles. The molecule has 3 aromatic rings. The lowest BCUT2D eigenvalue weighted by Gasteiger charge is -2.37. The molecule has 1 heterocycles. The van der Waals surface area contributed by atoms with Gasteiger partial charge in [-0.1, -0.05) is 43.3 Å². The van der Waals surface area contributed by atoms with Crippen molar-refractivity contribution in [2.45, 2.75) is 25.6 Å². The van der Waals surface area contributed by atoms with E-state index in [0.717, 1.165) is 17.7 Å². The summed E-state index contributed by atoms with van der Waals surface area (Å²) in [5.74, 6) is -1.83. The van der Waals surface area contributed by atoms with E-state index >= 15 is 0 Å². The van der Waals surface area contributed by atoms with Gasteiger partial charge in [0.2, 0.25) is 0 Å². The van der Waals surface area contributed by atoms with Crippen LogP contribution in [0.2, 0.25) is 0 Å². The Bertz CT molecular complexity index is 889. The predicted molar refractivity (Wildman–Crippen MR) is 102 cm³/mol. The van der Waals surface area contributed by atoms with Gasteiger partial charge in [-0.25, -0.2) is 18.4 Å². The van der Waals surface area contributed by atoms with E-state index < -0.39 is 17.2 Å². The van der Waals surface area contributed by atoms with Crippen LogP contribution in [0, 0.1) is 17.6 Å². The van der Waals surface area contributed by atoms with Crippen molar-refractivity contribution in [1.29, 1.82) is 0 Å². The van der Waals surface area contributed by atoms with Gasteiger partial charge in [-0.05, 0) is 18.7 Å². The highest BCUT2D eigenvalue weighted by Gasteiger charge is 2.39. The van der Waals surface area contributed by atoms with Gasteiger partial charge < -0.3 is 10.0 Å². The monoisotopic (exact) mass is 386 g/mol. The van der Waals surface area contributed by atoms with Gasteiger partial charge in [-0.3, -0.25) is 0 Å². The molecule has 0 aliphatic rings. The van der Waals surface area contributed by atoms with Crippen LogP contribution in [0.1, 0.15) is 18.1 Å². The van der Waals surface area contributed by atoms with Crippen LogP contribution in [0.15, 0.2) is 61.2 Å². The first kappa shape index (κ1) is 20.1. The Kier molecular flexibility index (Phi) is 6.16. The minimum Gasteiger partial charge on any atom is -0.383 e. The number of nitrogens with zero attached hydrogens (tertiary/aromatic N) is 4. The second kappa shape index (κ2) is 8.58. The van der Waals surface area contributed by atoms with E-state index in [2.05, 4.69) is 15.0 Å². The van der Waals surface area contributed by atoms with Crippen molar-refractivity contribution in [3.63, 3.8) is 0 Å². The van der Waals surface area contributed by atoms with Gasteiger partial charge in [-0.2, -0.15) is 5.10 Å². The van der Waals surface area contributed by atoms with Crippen molar-refractivity contribution in [3.8, 4) is 0 Å². The lowest BCUT2D eigenvalue weighted by molar-refractivity contribution is -0.0484. The van der Waals surface area contributed by atoms with Crippen molar-refractivity contribution < 1.29 is 13.9 Å². The maximum absolute atomic E-state index is 14.6. The maximum atomic E-state index is 14.6. The topological polar surface area (TPSA) is 54.2 Å². The molecule has 2 unspecified atom stereocenters. The molecule has 2 aromatic carbocycles. The average Bonchev–Trinajstić information content (AvgIpc) is 3.15. The van der Waals surface area contributed by atoms with Gasteiger partial charge >= 0.3 is 0 Å². The summed E-state index contributed by atoms with van der Waals surface area (Å²) in [5, 5.41) is 15.6. The predicted octanol–water partition coefficient (Wildman–Crippen LogP) is 3.21. The first-order valence-corrected chi connectivity index (χ1v) is 9.11. The molecule has 0 fully saturated rings. The number of hydrogen-bond acceptors (Lipinski definition) is 4. The van der Waals surface area contributed by atoms with Gasteiger partial charge in [-0.15, -0.1) is 0 Å². The summed E-state index contributed by atoms with van der Waals surface area (Å²) in [6, 6.07) is 13.2. The van der Waals surface area contributed by atoms with Crippen molar-refractivity contribution in [1.82, 2.24) is 19.7 Å². The van der Waals surface area contributed by atoms with Crippen LogP contribution in [-0.4, -0.2) is 38.4 Å². The molecule has 5 nitrogen and oxygen atoms in total. The molecule has 0 aliphatic carbocycles. The number of hydrogen-bond donors (Lipinski definition) is 1. The summed E-state index contributed by atoms with van der Waals surface area (Å²) in [4.78, 5) is 5.95. The second-order valence-electron chi connectivity index (χ2n) is 7.22. The molecular weight excluding hydrogens is 362 g/mol. The molecule has 0 bridgehead atoms. The fourth-order valence-electron chi connectivity index (χ4n) is 3.49. The summed E-state index contributed by atoms with van der Waals surface area (Å²) in [7, 11) is 1.94. The minimum atomic E-state index is -1.59. The van der Waals surface area contributed by atoms with E-state index in [4.69, 9.17) is 0 Å². The Morgan fingerprint density at radius 3 is 2.57 bits per heavy atom. The Morgan fingerprint density at radius 2 is 1.93 bits per heavy atom. The number of benzene rings is 2. The molecule has 0 amide bonds. The van der Waals surface area contributed by atoms with Crippen molar-refractivity contribution in [3.05, 3.63) is 83.9 Å². The number of rotatable bonds is 8. The van der Waals surface area contributed by atoms with Gasteiger partial charge in [0.1, 0.15) is 29.9 Å². The van der Waals surface area contributed by atoms with Gasteiger partial charge in [0.15, 0.2) is 0 Å². The van der Waals surface area contributed by atoms with Crippen molar-refractivity contribution in [2.75, 3.05) is 13.6 Å². The van der Waals surface area contributed by atoms with Crippen LogP contribution in [0.5, 0.6) is 0 Å². The molecule has 1 aromatic heterocycles. The number of halogens is 2. The quantitative estimate of drug-likeness (QED) is 0.646. The first-order chi connectivity index (χ1) is 13.4. The molecule has 1 N–H and O–H groups in total. The third kappa shape index (κ3) is 4.61. The normalized spacial score (nSPS) is 14.8. The molecule has 148 valence electrons. The zero-order chi connectivity index (χ0) is 20.1. The molecule has 2 atom stereocenters. The fourth-order valence-corrected chi connectivity index (χ4v) is 3.49. The van der Waals surface area contributed by atoms with Crippen LogP contribution in [-0.2, 0) is 18.7 Å². The summed E-state index contributed by atoms with van der Waals surface area (Å²) >= 11 is 0. The molecule has 28 heavy (non-hydrogen) atoms. The molecule has 3 rings (SSSR count). The Balaban J connectivity index is 1.85. The minimum absolute atomic E-state index is 0.00982. The van der Waals surface area contributed by atoms with Crippen LogP contribution in [0.3, 0.4) is 0 Å². The summed E-state index contributed by atoms with van der Waals surface area (Å²) in [6.45, 7) is 3.05. The summed E-state index contributed by atoms with van der Waals surface area (Å²) in [5.41, 5.74) is -0.397. The Morgan fingerprint density at radius 1 is 1.18 bits per heavy atom. The smallest absolute Gasteiger partial charge is 0.137 e. The Hall–Kier alpha value is -2.64. The van der Waals surface area contributed by atoms with Crippen molar-refractivity contribution in [2.24, 2.45) is 5.92 Å². The van der Waals surface area contributed by atoms with Crippen LogP contribution in [0.4, 0.5) is 8.78 Å². The molecule has 0 spiro atoms. The van der Waals surface area contributed by atoms with Gasteiger partial charge in [0.25, 0.3) is 0 Å². The number of aliphatic hydroxyl groups is 1. The molecular formula is C21H24F2N4O. The SMILES string of the molecule is CC(CN(C)Cc1ccccc1)C(O)(Cn1cncn1)c1ccc(F)cc1F. The van der Waals surface area contributed by atoms with E-state index in [1.165, 1.54) is 23.4 Å². The van der Waals surface area contributed by atoms with E-state index in [9.17, 15) is 13.9 Å². The van der Waals surface area contributed by atoms with E-state index in [0.29, 0.717) is 13.1 Å². The highest BCUT2D eigenvalue weighted by atomic mass is 19.1. The van der Waals surface area contributed by atoms with Crippen LogP contribution in [0.25, 0.3) is 0 Å².